The van der Waals surface area contributed by atoms with Gasteiger partial charge in [0, 0.05) is 6.08 Å². The van der Waals surface area contributed by atoms with E-state index in [1.165, 1.54) is 6.08 Å². The molecule has 1 fully saturated rings. The van der Waals surface area contributed by atoms with E-state index in [9.17, 15) is 15.0 Å². The van der Waals surface area contributed by atoms with Crippen LogP contribution in [0.15, 0.2) is 47.6 Å². The predicted octanol–water partition coefficient (Wildman–Crippen LogP) is 4.40. The van der Waals surface area contributed by atoms with Crippen molar-refractivity contribution in [3.8, 4) is 0 Å². The van der Waals surface area contributed by atoms with Crippen molar-refractivity contribution >= 4 is 5.97 Å². The van der Waals surface area contributed by atoms with Gasteiger partial charge in [-0.1, -0.05) is 36.8 Å². The van der Waals surface area contributed by atoms with Gasteiger partial charge in [0.15, 0.2) is 6.10 Å². The van der Waals surface area contributed by atoms with Gasteiger partial charge in [-0.05, 0) is 76.9 Å². The highest BCUT2D eigenvalue weighted by molar-refractivity contribution is 5.83. The first-order valence-electron chi connectivity index (χ1n) is 10.8. The highest BCUT2D eigenvalue weighted by Crippen LogP contribution is 2.45. The van der Waals surface area contributed by atoms with Crippen molar-refractivity contribution in [2.24, 2.45) is 5.41 Å². The number of aliphatic hydroxyl groups is 2. The summed E-state index contributed by atoms with van der Waals surface area (Å²) in [4.78, 5) is 12.3. The smallest absolute Gasteiger partial charge is 0.331 e. The number of aliphatic hydroxyl groups excluding tert-OH is 2. The fourth-order valence-electron chi connectivity index (χ4n) is 3.84. The van der Waals surface area contributed by atoms with E-state index in [0.717, 1.165) is 42.4 Å². The van der Waals surface area contributed by atoms with E-state index < -0.39 is 17.8 Å². The Morgan fingerprint density at radius 2 is 2.10 bits per heavy atom. The summed E-state index contributed by atoms with van der Waals surface area (Å²) in [5.74, 6) is -0.372. The van der Waals surface area contributed by atoms with E-state index in [1.54, 1.807) is 0 Å². The van der Waals surface area contributed by atoms with Crippen LogP contribution in [0.5, 0.6) is 0 Å². The Balaban J connectivity index is 2.30. The molecule has 2 N–H and O–H groups in total. The largest absolute Gasteiger partial charge is 0.452 e. The predicted molar refractivity (Wildman–Crippen MR) is 119 cm³/mol. The van der Waals surface area contributed by atoms with Crippen LogP contribution in [0.1, 0.15) is 66.7 Å². The lowest BCUT2D eigenvalue weighted by atomic mass is 9.79. The Hall–Kier alpha value is -1.69. The highest BCUT2D eigenvalue weighted by atomic mass is 16.6. The van der Waals surface area contributed by atoms with Crippen molar-refractivity contribution in [3.05, 3.63) is 47.6 Å². The molecule has 2 aliphatic rings. The second-order valence-electron chi connectivity index (χ2n) is 9.55. The summed E-state index contributed by atoms with van der Waals surface area (Å²) in [6.07, 6.45) is 10.2. The van der Waals surface area contributed by atoms with Crippen LogP contribution in [0.4, 0.5) is 0 Å². The zero-order valence-corrected chi connectivity index (χ0v) is 19.1. The Morgan fingerprint density at radius 3 is 2.70 bits per heavy atom. The van der Waals surface area contributed by atoms with Gasteiger partial charge in [-0.3, -0.25) is 0 Å². The maximum Gasteiger partial charge on any atom is 0.331 e. The second kappa shape index (κ2) is 10.1. The lowest BCUT2D eigenvalue weighted by molar-refractivity contribution is -0.143. The summed E-state index contributed by atoms with van der Waals surface area (Å²) >= 11 is 0. The Labute approximate surface area is 181 Å². The number of hydrogen-bond donors (Lipinski definition) is 2. The average Bonchev–Trinajstić information content (AvgIpc) is 3.33. The molecule has 0 unspecified atom stereocenters. The molecule has 1 saturated heterocycles. The number of fused-ring (bicyclic) bond motifs is 1. The number of allylic oxidation sites excluding steroid dienone is 3. The van der Waals surface area contributed by atoms with Crippen molar-refractivity contribution in [1.82, 2.24) is 0 Å². The SMILES string of the molecule is C=C(C)[C@@H](O)CC[C@]1(C)/C=C/[C@@H](OC(=O)C=C(C)C)[C@]2(C)O[C@H]2CC/C(CO)=C\C1. The van der Waals surface area contributed by atoms with Crippen molar-refractivity contribution in [2.45, 2.75) is 90.6 Å². The van der Waals surface area contributed by atoms with Crippen LogP contribution in [0, 0.1) is 5.41 Å². The summed E-state index contributed by atoms with van der Waals surface area (Å²) in [6.45, 7) is 13.5. The zero-order valence-electron chi connectivity index (χ0n) is 19.1. The van der Waals surface area contributed by atoms with Gasteiger partial charge in [0.1, 0.15) is 5.60 Å². The third-order valence-electron chi connectivity index (χ3n) is 6.21. The molecular weight excluding hydrogens is 380 g/mol. The number of esters is 1. The molecule has 0 aromatic heterocycles. The minimum absolute atomic E-state index is 0.0174. The zero-order chi connectivity index (χ0) is 22.5. The van der Waals surface area contributed by atoms with Gasteiger partial charge in [-0.25, -0.2) is 4.79 Å². The van der Waals surface area contributed by atoms with Crippen molar-refractivity contribution < 1.29 is 24.5 Å². The maximum atomic E-state index is 12.3. The van der Waals surface area contributed by atoms with Gasteiger partial charge < -0.3 is 19.7 Å². The fourth-order valence-corrected chi connectivity index (χ4v) is 3.84. The number of rotatable bonds is 7. The van der Waals surface area contributed by atoms with E-state index in [-0.39, 0.29) is 24.1 Å². The molecule has 2 rings (SSSR count). The normalized spacial score (nSPS) is 35.0. The number of carbonyl (C=O) groups excluding carboxylic acids is 1. The summed E-state index contributed by atoms with van der Waals surface area (Å²) in [5.41, 5.74) is 1.80. The van der Waals surface area contributed by atoms with E-state index >= 15 is 0 Å². The molecule has 5 nitrogen and oxygen atoms in total. The van der Waals surface area contributed by atoms with Gasteiger partial charge in [-0.15, -0.1) is 0 Å². The topological polar surface area (TPSA) is 79.3 Å². The monoisotopic (exact) mass is 418 g/mol. The fraction of sp³-hybridized carbons (Fsp3) is 0.640. The van der Waals surface area contributed by atoms with Crippen LogP contribution >= 0.6 is 0 Å². The van der Waals surface area contributed by atoms with Gasteiger partial charge in [-0.2, -0.15) is 0 Å². The third-order valence-corrected chi connectivity index (χ3v) is 6.21. The lowest BCUT2D eigenvalue weighted by Crippen LogP contribution is -2.32. The first-order valence-corrected chi connectivity index (χ1v) is 10.8. The van der Waals surface area contributed by atoms with Gasteiger partial charge in [0.25, 0.3) is 0 Å². The first-order chi connectivity index (χ1) is 14.0. The Kier molecular flexibility index (Phi) is 8.26. The number of epoxide rings is 1. The van der Waals surface area contributed by atoms with E-state index in [0.29, 0.717) is 6.42 Å². The van der Waals surface area contributed by atoms with E-state index in [4.69, 9.17) is 9.47 Å². The third kappa shape index (κ3) is 6.66. The maximum absolute atomic E-state index is 12.3. The summed E-state index contributed by atoms with van der Waals surface area (Å²) in [6, 6.07) is 0. The second-order valence-corrected chi connectivity index (χ2v) is 9.55. The molecule has 0 aromatic rings. The molecule has 1 aliphatic carbocycles. The molecule has 1 heterocycles. The van der Waals surface area contributed by atoms with E-state index in [2.05, 4.69) is 25.7 Å². The minimum atomic E-state index is -0.565. The Bertz CT molecular complexity index is 730. The molecule has 30 heavy (non-hydrogen) atoms. The van der Waals surface area contributed by atoms with Gasteiger partial charge >= 0.3 is 5.97 Å². The lowest BCUT2D eigenvalue weighted by Gasteiger charge is -2.28. The molecule has 0 radical (unpaired) electrons. The van der Waals surface area contributed by atoms with Crippen molar-refractivity contribution in [2.75, 3.05) is 6.61 Å². The molecule has 5 atom stereocenters. The number of ether oxygens (including phenoxy) is 2. The first kappa shape index (κ1) is 24.6. The molecule has 0 aromatic carbocycles. The molecule has 5 heteroatoms. The minimum Gasteiger partial charge on any atom is -0.452 e. The van der Waals surface area contributed by atoms with Crippen LogP contribution < -0.4 is 0 Å². The van der Waals surface area contributed by atoms with Gasteiger partial charge in [0.05, 0.1) is 18.8 Å². The molecule has 0 bridgehead atoms. The molecule has 1 aliphatic heterocycles. The Morgan fingerprint density at radius 1 is 1.40 bits per heavy atom. The summed E-state index contributed by atoms with van der Waals surface area (Å²) in [7, 11) is 0. The van der Waals surface area contributed by atoms with Crippen LogP contribution in [-0.2, 0) is 14.3 Å². The highest BCUT2D eigenvalue weighted by Gasteiger charge is 2.58. The quantitative estimate of drug-likeness (QED) is 0.277. The molecule has 0 spiro atoms. The van der Waals surface area contributed by atoms with Crippen LogP contribution in [0.25, 0.3) is 0 Å². The van der Waals surface area contributed by atoms with Crippen LogP contribution in [0.2, 0.25) is 0 Å². The summed E-state index contributed by atoms with van der Waals surface area (Å²) < 4.78 is 11.8. The number of hydrogen-bond acceptors (Lipinski definition) is 5. The molecule has 0 amide bonds. The van der Waals surface area contributed by atoms with Crippen LogP contribution in [0.3, 0.4) is 0 Å². The van der Waals surface area contributed by atoms with Crippen molar-refractivity contribution in [3.63, 3.8) is 0 Å². The van der Waals surface area contributed by atoms with Gasteiger partial charge in [0.2, 0.25) is 0 Å². The van der Waals surface area contributed by atoms with Crippen LogP contribution in [-0.4, -0.2) is 46.7 Å². The number of carbonyl (C=O) groups is 1. The molecule has 0 saturated carbocycles. The standard InChI is InChI=1S/C25H38O5/c1-17(2)15-23(28)29-21-11-14-24(5,13-10-20(27)18(3)4)12-9-19(16-26)7-8-22-25(21,6)30-22/h9,11,14-15,20-22,26-27H,3,7-8,10,12-13,16H2,1-2,4-6H3/b14-11+,19-9+/t20-,21+,22-,24+,25-/m0/s1. The molecule has 168 valence electrons. The average molecular weight is 419 g/mol. The summed E-state index contributed by atoms with van der Waals surface area (Å²) in [5, 5.41) is 20.0. The van der Waals surface area contributed by atoms with Crippen molar-refractivity contribution in [1.29, 1.82) is 0 Å². The molecular formula is C25H38O5. The van der Waals surface area contributed by atoms with E-state index in [1.807, 2.05) is 33.8 Å².